The highest BCUT2D eigenvalue weighted by molar-refractivity contribution is 5.44. The van der Waals surface area contributed by atoms with E-state index in [4.69, 9.17) is 9.72 Å². The van der Waals surface area contributed by atoms with Crippen LogP contribution < -0.4 is 15.1 Å². The van der Waals surface area contributed by atoms with Gasteiger partial charge in [0.2, 0.25) is 5.95 Å². The van der Waals surface area contributed by atoms with E-state index in [2.05, 4.69) is 30.1 Å². The van der Waals surface area contributed by atoms with Crippen LogP contribution in [0.15, 0.2) is 24.7 Å². The van der Waals surface area contributed by atoms with Crippen LogP contribution in [0.4, 0.5) is 17.6 Å². The fourth-order valence-electron chi connectivity index (χ4n) is 3.46. The summed E-state index contributed by atoms with van der Waals surface area (Å²) in [6, 6.07) is 2.27. The van der Waals surface area contributed by atoms with Crippen molar-refractivity contribution in [3.63, 3.8) is 0 Å². The van der Waals surface area contributed by atoms with Gasteiger partial charge >= 0.3 is 0 Å². The number of morpholine rings is 1. The van der Waals surface area contributed by atoms with Crippen LogP contribution >= 0.6 is 0 Å². The largest absolute Gasteiger partial charge is 0.378 e. The molecule has 1 atom stereocenters. The van der Waals surface area contributed by atoms with Crippen LogP contribution in [0, 0.1) is 6.92 Å². The highest BCUT2D eigenvalue weighted by Gasteiger charge is 2.22. The van der Waals surface area contributed by atoms with Crippen LogP contribution in [-0.4, -0.2) is 65.4 Å². The third kappa shape index (κ3) is 4.01. The summed E-state index contributed by atoms with van der Waals surface area (Å²) in [5.74, 6) is 2.60. The minimum Gasteiger partial charge on any atom is -0.378 e. The highest BCUT2D eigenvalue weighted by Crippen LogP contribution is 2.20. The van der Waals surface area contributed by atoms with Gasteiger partial charge in [-0.15, -0.1) is 0 Å². The second-order valence-corrected chi connectivity index (χ2v) is 6.79. The number of aromatic nitrogens is 4. The molecule has 0 saturated carbocycles. The van der Waals surface area contributed by atoms with Gasteiger partial charge in [-0.05, 0) is 25.8 Å². The van der Waals surface area contributed by atoms with Crippen LogP contribution in [0.5, 0.6) is 0 Å². The molecule has 0 spiro atoms. The molecular formula is C18H25N7O. The Hall–Kier alpha value is -2.48. The van der Waals surface area contributed by atoms with E-state index >= 15 is 0 Å². The Labute approximate surface area is 153 Å². The zero-order valence-electron chi connectivity index (χ0n) is 15.1. The smallest absolute Gasteiger partial charge is 0.227 e. The first-order valence-electron chi connectivity index (χ1n) is 9.24. The molecule has 0 bridgehead atoms. The van der Waals surface area contributed by atoms with Crippen LogP contribution in [0.2, 0.25) is 0 Å². The molecule has 1 unspecified atom stereocenters. The summed E-state index contributed by atoms with van der Waals surface area (Å²) in [5, 5.41) is 3.58. The standard InChI is InChI=1S/C18H25N7O/c1-14-11-19-12-17(21-14)25-6-2-3-15(13-25)22-16-4-5-20-18(23-16)24-7-9-26-10-8-24/h4-5,11-12,15H,2-3,6-10,13H2,1H3,(H,20,22,23). The van der Waals surface area contributed by atoms with Gasteiger partial charge in [0, 0.05) is 44.6 Å². The van der Waals surface area contributed by atoms with Crippen molar-refractivity contribution in [2.24, 2.45) is 0 Å². The molecule has 1 N–H and O–H groups in total. The van der Waals surface area contributed by atoms with E-state index in [-0.39, 0.29) is 0 Å². The normalized spacial score (nSPS) is 20.9. The maximum atomic E-state index is 5.41. The summed E-state index contributed by atoms with van der Waals surface area (Å²) in [4.78, 5) is 22.5. The fourth-order valence-corrected chi connectivity index (χ4v) is 3.46. The zero-order chi connectivity index (χ0) is 17.8. The lowest BCUT2D eigenvalue weighted by Crippen LogP contribution is -2.43. The quantitative estimate of drug-likeness (QED) is 0.884. The lowest BCUT2D eigenvalue weighted by molar-refractivity contribution is 0.122. The Kier molecular flexibility index (Phi) is 5.10. The molecule has 4 rings (SSSR count). The molecule has 8 nitrogen and oxygen atoms in total. The van der Waals surface area contributed by atoms with Crippen molar-refractivity contribution in [3.05, 3.63) is 30.4 Å². The average molecular weight is 355 g/mol. The molecule has 138 valence electrons. The van der Waals surface area contributed by atoms with E-state index in [1.54, 1.807) is 6.20 Å². The molecule has 2 fully saturated rings. The second kappa shape index (κ2) is 7.82. The summed E-state index contributed by atoms with van der Waals surface area (Å²) in [6.45, 7) is 7.03. The molecule has 0 aromatic carbocycles. The van der Waals surface area contributed by atoms with Crippen molar-refractivity contribution in [1.29, 1.82) is 0 Å². The summed E-state index contributed by atoms with van der Waals surface area (Å²) in [5.41, 5.74) is 0.948. The van der Waals surface area contributed by atoms with Crippen molar-refractivity contribution in [3.8, 4) is 0 Å². The first-order valence-corrected chi connectivity index (χ1v) is 9.24. The number of hydrogen-bond acceptors (Lipinski definition) is 8. The van der Waals surface area contributed by atoms with E-state index in [1.165, 1.54) is 0 Å². The molecular weight excluding hydrogens is 330 g/mol. The van der Waals surface area contributed by atoms with Gasteiger partial charge in [-0.25, -0.2) is 9.97 Å². The predicted octanol–water partition coefficient (Wildman–Crippen LogP) is 1.49. The zero-order valence-corrected chi connectivity index (χ0v) is 15.1. The summed E-state index contributed by atoms with van der Waals surface area (Å²) >= 11 is 0. The minimum absolute atomic E-state index is 0.332. The van der Waals surface area contributed by atoms with Crippen molar-refractivity contribution in [2.75, 3.05) is 54.5 Å². The third-order valence-electron chi connectivity index (χ3n) is 4.78. The predicted molar refractivity (Wildman–Crippen MR) is 101 cm³/mol. The molecule has 0 radical (unpaired) electrons. The average Bonchev–Trinajstić information content (AvgIpc) is 2.69. The van der Waals surface area contributed by atoms with E-state index in [0.29, 0.717) is 6.04 Å². The summed E-state index contributed by atoms with van der Waals surface area (Å²) in [7, 11) is 0. The molecule has 0 amide bonds. The molecule has 2 aliphatic heterocycles. The number of nitrogens with one attached hydrogen (secondary N) is 1. The lowest BCUT2D eigenvalue weighted by atomic mass is 10.1. The molecule has 26 heavy (non-hydrogen) atoms. The van der Waals surface area contributed by atoms with Crippen molar-refractivity contribution in [1.82, 2.24) is 19.9 Å². The maximum Gasteiger partial charge on any atom is 0.227 e. The molecule has 2 aromatic rings. The topological polar surface area (TPSA) is 79.3 Å². The first-order chi connectivity index (χ1) is 12.8. The molecule has 0 aliphatic carbocycles. The van der Waals surface area contributed by atoms with Crippen LogP contribution in [0.3, 0.4) is 0 Å². The minimum atomic E-state index is 0.332. The second-order valence-electron chi connectivity index (χ2n) is 6.79. The van der Waals surface area contributed by atoms with Gasteiger partial charge < -0.3 is 19.9 Å². The lowest BCUT2D eigenvalue weighted by Gasteiger charge is -2.34. The Morgan fingerprint density at radius 3 is 2.85 bits per heavy atom. The van der Waals surface area contributed by atoms with Gasteiger partial charge in [-0.1, -0.05) is 0 Å². The number of nitrogens with zero attached hydrogens (tertiary/aromatic N) is 6. The Balaban J connectivity index is 1.42. The van der Waals surface area contributed by atoms with Crippen LogP contribution in [0.1, 0.15) is 18.5 Å². The number of aryl methyl sites for hydroxylation is 1. The monoisotopic (exact) mass is 355 g/mol. The summed E-state index contributed by atoms with van der Waals surface area (Å²) in [6.07, 6.45) is 7.70. The van der Waals surface area contributed by atoms with Gasteiger partial charge in [0.05, 0.1) is 25.1 Å². The number of ether oxygens (including phenoxy) is 1. The highest BCUT2D eigenvalue weighted by atomic mass is 16.5. The van der Waals surface area contributed by atoms with E-state index in [9.17, 15) is 0 Å². The Morgan fingerprint density at radius 1 is 1.12 bits per heavy atom. The van der Waals surface area contributed by atoms with Gasteiger partial charge in [-0.2, -0.15) is 4.98 Å². The number of rotatable bonds is 4. The Bertz CT molecular complexity index is 735. The van der Waals surface area contributed by atoms with Crippen molar-refractivity contribution in [2.45, 2.75) is 25.8 Å². The fraction of sp³-hybridized carbons (Fsp3) is 0.556. The molecule has 2 aromatic heterocycles. The molecule has 2 aliphatic rings. The summed E-state index contributed by atoms with van der Waals surface area (Å²) < 4.78 is 5.41. The first kappa shape index (κ1) is 17.0. The van der Waals surface area contributed by atoms with Crippen molar-refractivity contribution < 1.29 is 4.74 Å². The van der Waals surface area contributed by atoms with Gasteiger partial charge in [-0.3, -0.25) is 4.98 Å². The number of anilines is 3. The Morgan fingerprint density at radius 2 is 2.00 bits per heavy atom. The molecule has 2 saturated heterocycles. The third-order valence-corrected chi connectivity index (χ3v) is 4.78. The van der Waals surface area contributed by atoms with Crippen LogP contribution in [0.25, 0.3) is 0 Å². The number of piperidine rings is 1. The van der Waals surface area contributed by atoms with Gasteiger partial charge in [0.15, 0.2) is 0 Å². The number of hydrogen-bond donors (Lipinski definition) is 1. The molecule has 8 heteroatoms. The molecule has 4 heterocycles. The van der Waals surface area contributed by atoms with Crippen molar-refractivity contribution >= 4 is 17.6 Å². The van der Waals surface area contributed by atoms with E-state index in [1.807, 2.05) is 25.4 Å². The maximum absolute atomic E-state index is 5.41. The van der Waals surface area contributed by atoms with Gasteiger partial charge in [0.25, 0.3) is 0 Å². The van der Waals surface area contributed by atoms with E-state index < -0.39 is 0 Å². The van der Waals surface area contributed by atoms with E-state index in [0.717, 1.165) is 75.5 Å². The van der Waals surface area contributed by atoms with Gasteiger partial charge in [0.1, 0.15) is 11.6 Å². The SMILES string of the molecule is Cc1cncc(N2CCCC(Nc3ccnc(N4CCOCC4)n3)C2)n1. The van der Waals surface area contributed by atoms with Crippen LogP contribution in [-0.2, 0) is 4.74 Å².